The molecule has 0 spiro atoms. The van der Waals surface area contributed by atoms with Crippen LogP contribution in [0.2, 0.25) is 5.02 Å². The number of aromatic amines is 1. The largest absolute Gasteiger partial charge is 0.310 e. The van der Waals surface area contributed by atoms with Gasteiger partial charge in [0, 0.05) is 23.2 Å². The van der Waals surface area contributed by atoms with Crippen LogP contribution in [-0.2, 0) is 11.2 Å². The summed E-state index contributed by atoms with van der Waals surface area (Å²) in [5, 5.41) is 23.1. The Morgan fingerprint density at radius 2 is 1.86 bits per heavy atom. The Morgan fingerprint density at radius 3 is 2.56 bits per heavy atom. The average Bonchev–Trinajstić information content (AvgIpc) is 3.43. The highest BCUT2D eigenvalue weighted by Crippen LogP contribution is 2.20. The number of carbonyl (C=O) groups excluding carboxylic acids is 1. The lowest BCUT2D eigenvalue weighted by Crippen LogP contribution is -2.20. The van der Waals surface area contributed by atoms with Crippen LogP contribution < -0.4 is 10.9 Å². The van der Waals surface area contributed by atoms with E-state index in [1.54, 1.807) is 37.3 Å². The minimum atomic E-state index is -0.505. The predicted octanol–water partition coefficient (Wildman–Crippen LogP) is 3.35. The van der Waals surface area contributed by atoms with Crippen LogP contribution in [0.25, 0.3) is 22.7 Å². The van der Waals surface area contributed by atoms with Gasteiger partial charge in [-0.3, -0.25) is 24.7 Å². The molecule has 3 heterocycles. The van der Waals surface area contributed by atoms with Crippen molar-refractivity contribution in [3.05, 3.63) is 97.5 Å². The first-order valence-corrected chi connectivity index (χ1v) is 11.0. The molecular weight excluding hydrogens is 488 g/mol. The molecule has 2 N–H and O–H groups in total. The van der Waals surface area contributed by atoms with E-state index in [1.165, 1.54) is 39.8 Å². The van der Waals surface area contributed by atoms with Crippen LogP contribution in [0.5, 0.6) is 0 Å². The molecule has 0 aliphatic heterocycles. The number of hydrogen-bond donors (Lipinski definition) is 2. The van der Waals surface area contributed by atoms with Crippen LogP contribution in [0, 0.1) is 17.0 Å². The van der Waals surface area contributed by atoms with Crippen molar-refractivity contribution in [3.8, 4) is 11.6 Å². The van der Waals surface area contributed by atoms with Crippen molar-refractivity contribution in [2.45, 2.75) is 13.3 Å². The summed E-state index contributed by atoms with van der Waals surface area (Å²) < 4.78 is 2.83. The van der Waals surface area contributed by atoms with Gasteiger partial charge in [-0.15, -0.1) is 0 Å². The van der Waals surface area contributed by atoms with E-state index in [0.29, 0.717) is 33.4 Å². The highest BCUT2D eigenvalue weighted by atomic mass is 35.5. The number of benzene rings is 2. The number of halogens is 1. The number of anilines is 1. The van der Waals surface area contributed by atoms with Crippen molar-refractivity contribution in [2.24, 2.45) is 0 Å². The first-order valence-electron chi connectivity index (χ1n) is 10.6. The third-order valence-corrected chi connectivity index (χ3v) is 5.56. The summed E-state index contributed by atoms with van der Waals surface area (Å²) in [5.41, 5.74) is 1.65. The summed E-state index contributed by atoms with van der Waals surface area (Å²) in [6, 6.07) is 14.3. The van der Waals surface area contributed by atoms with Crippen molar-refractivity contribution in [3.63, 3.8) is 0 Å². The minimum Gasteiger partial charge on any atom is -0.310 e. The van der Waals surface area contributed by atoms with Crippen LogP contribution >= 0.6 is 11.6 Å². The third-order valence-electron chi connectivity index (χ3n) is 5.31. The Balaban J connectivity index is 1.47. The van der Waals surface area contributed by atoms with Crippen LogP contribution in [0.1, 0.15) is 11.3 Å². The molecule has 0 fully saturated rings. The summed E-state index contributed by atoms with van der Waals surface area (Å²) in [6.07, 6.45) is 1.40. The molecule has 0 aliphatic rings. The van der Waals surface area contributed by atoms with Crippen LogP contribution in [-0.4, -0.2) is 40.4 Å². The number of nitro benzene ring substituents is 1. The molecule has 1 amide bonds. The Bertz CT molecular complexity index is 1670. The van der Waals surface area contributed by atoms with Gasteiger partial charge < -0.3 is 5.32 Å². The Kier molecular flexibility index (Phi) is 5.78. The van der Waals surface area contributed by atoms with Gasteiger partial charge in [-0.2, -0.15) is 19.9 Å². The molecule has 0 saturated heterocycles. The monoisotopic (exact) mass is 504 g/mol. The lowest BCUT2D eigenvalue weighted by atomic mass is 10.1. The fourth-order valence-electron chi connectivity index (χ4n) is 3.64. The van der Waals surface area contributed by atoms with E-state index in [2.05, 4.69) is 25.5 Å². The lowest BCUT2D eigenvalue weighted by Gasteiger charge is -2.09. The standard InChI is InChI=1S/C23H17ClN8O4/c1-13-10-19(26-20(33)11-14-2-6-17(7-3-14)32(35)36)31(29-13)23-27-21-18(22(34)28-23)12-25-30(21)16-8-4-15(24)5-9-16/h2-10,12H,11H2,1H3,(H,26,33)(H,27,28,34). The van der Waals surface area contributed by atoms with Crippen molar-refractivity contribution in [1.82, 2.24) is 29.5 Å². The molecule has 180 valence electrons. The second-order valence-corrected chi connectivity index (χ2v) is 8.33. The average molecular weight is 505 g/mol. The lowest BCUT2D eigenvalue weighted by molar-refractivity contribution is -0.384. The number of hydrogen-bond acceptors (Lipinski definition) is 7. The number of aryl methyl sites for hydroxylation is 1. The van der Waals surface area contributed by atoms with Crippen LogP contribution in [0.4, 0.5) is 11.5 Å². The van der Waals surface area contributed by atoms with Crippen LogP contribution in [0.3, 0.4) is 0 Å². The van der Waals surface area contributed by atoms with E-state index < -0.39 is 10.5 Å². The molecule has 0 atom stereocenters. The number of rotatable bonds is 6. The molecule has 13 heteroatoms. The van der Waals surface area contributed by atoms with E-state index in [-0.39, 0.29) is 29.3 Å². The van der Waals surface area contributed by atoms with Gasteiger partial charge in [0.05, 0.1) is 28.9 Å². The van der Waals surface area contributed by atoms with Crippen molar-refractivity contribution in [2.75, 3.05) is 5.32 Å². The zero-order valence-corrected chi connectivity index (χ0v) is 19.4. The first kappa shape index (κ1) is 22.9. The molecule has 0 bridgehead atoms. The predicted molar refractivity (Wildman–Crippen MR) is 132 cm³/mol. The van der Waals surface area contributed by atoms with Crippen molar-refractivity contribution < 1.29 is 9.72 Å². The van der Waals surface area contributed by atoms with Gasteiger partial charge in [-0.05, 0) is 36.8 Å². The molecule has 0 aliphatic carbocycles. The molecule has 3 aromatic heterocycles. The summed E-state index contributed by atoms with van der Waals surface area (Å²) in [6.45, 7) is 1.73. The van der Waals surface area contributed by atoms with Gasteiger partial charge in [0.1, 0.15) is 11.2 Å². The number of fused-ring (bicyclic) bond motifs is 1. The number of nitrogens with one attached hydrogen (secondary N) is 2. The topological polar surface area (TPSA) is 154 Å². The Hall–Kier alpha value is -4.84. The summed E-state index contributed by atoms with van der Waals surface area (Å²) in [4.78, 5) is 43.0. The zero-order valence-electron chi connectivity index (χ0n) is 18.7. The van der Waals surface area contributed by atoms with Gasteiger partial charge >= 0.3 is 0 Å². The number of carbonyl (C=O) groups is 1. The smallest absolute Gasteiger partial charge is 0.269 e. The van der Waals surface area contributed by atoms with Gasteiger partial charge in [-0.25, -0.2) is 4.68 Å². The number of nitro groups is 1. The number of H-pyrrole nitrogens is 1. The number of aromatic nitrogens is 6. The summed E-state index contributed by atoms with van der Waals surface area (Å²) >= 11 is 5.98. The van der Waals surface area contributed by atoms with E-state index in [1.807, 2.05) is 0 Å². The van der Waals surface area contributed by atoms with Gasteiger partial charge in [-0.1, -0.05) is 23.7 Å². The molecule has 5 rings (SSSR count). The Morgan fingerprint density at radius 1 is 1.14 bits per heavy atom. The van der Waals surface area contributed by atoms with Crippen molar-refractivity contribution in [1.29, 1.82) is 0 Å². The summed E-state index contributed by atoms with van der Waals surface area (Å²) in [7, 11) is 0. The second-order valence-electron chi connectivity index (χ2n) is 7.89. The molecule has 0 radical (unpaired) electrons. The molecule has 36 heavy (non-hydrogen) atoms. The third kappa shape index (κ3) is 4.44. The molecule has 0 unspecified atom stereocenters. The first-order chi connectivity index (χ1) is 17.3. The van der Waals surface area contributed by atoms with Gasteiger partial charge in [0.15, 0.2) is 5.65 Å². The van der Waals surface area contributed by atoms with Gasteiger partial charge in [0.25, 0.3) is 11.2 Å². The zero-order chi connectivity index (χ0) is 25.4. The molecule has 0 saturated carbocycles. The second kappa shape index (κ2) is 9.07. The van der Waals surface area contributed by atoms with E-state index in [4.69, 9.17) is 11.6 Å². The summed E-state index contributed by atoms with van der Waals surface area (Å²) in [5.74, 6) is 0.000975. The quantitative estimate of drug-likeness (QED) is 0.265. The highest BCUT2D eigenvalue weighted by Gasteiger charge is 2.17. The SMILES string of the molecule is Cc1cc(NC(=O)Cc2ccc([N+](=O)[O-])cc2)n(-c2nc3c(cnn3-c3ccc(Cl)cc3)c(=O)[nH]2)n1. The Labute approximate surface area is 207 Å². The van der Waals surface area contributed by atoms with E-state index in [0.717, 1.165) is 0 Å². The number of nitrogens with zero attached hydrogens (tertiary/aromatic N) is 6. The molecule has 5 aromatic rings. The van der Waals surface area contributed by atoms with E-state index >= 15 is 0 Å². The molecule has 12 nitrogen and oxygen atoms in total. The van der Waals surface area contributed by atoms with Crippen molar-refractivity contribution >= 4 is 40.0 Å². The fourth-order valence-corrected chi connectivity index (χ4v) is 3.76. The molecule has 2 aromatic carbocycles. The van der Waals surface area contributed by atoms with Gasteiger partial charge in [0.2, 0.25) is 11.9 Å². The highest BCUT2D eigenvalue weighted by molar-refractivity contribution is 6.30. The maximum absolute atomic E-state index is 12.8. The van der Waals surface area contributed by atoms with E-state index in [9.17, 15) is 19.7 Å². The maximum atomic E-state index is 12.8. The minimum absolute atomic E-state index is 0.0193. The maximum Gasteiger partial charge on any atom is 0.269 e. The van der Waals surface area contributed by atoms with Crippen LogP contribution in [0.15, 0.2) is 65.6 Å². The normalized spacial score (nSPS) is 11.1. The fraction of sp³-hybridized carbons (Fsp3) is 0.0870. The number of amides is 1. The number of non-ortho nitro benzene ring substituents is 1. The molecular formula is C23H17ClN8O4.